The molecular formula is C30H52O14. The maximum Gasteiger partial charge on any atom is 0.508 e. The van der Waals surface area contributed by atoms with Gasteiger partial charge in [0.15, 0.2) is 0 Å². The molecule has 0 radical (unpaired) electrons. The highest BCUT2D eigenvalue weighted by molar-refractivity contribution is 5.76. The first-order valence-electron chi connectivity index (χ1n) is 14.5. The van der Waals surface area contributed by atoms with Gasteiger partial charge in [0.2, 0.25) is 0 Å². The van der Waals surface area contributed by atoms with Gasteiger partial charge < -0.3 is 37.9 Å². The van der Waals surface area contributed by atoms with Crippen LogP contribution in [0.25, 0.3) is 0 Å². The molecule has 0 rings (SSSR count). The zero-order valence-corrected chi connectivity index (χ0v) is 28.0. The smallest absolute Gasteiger partial charge is 0.466 e. The first-order chi connectivity index (χ1) is 20.3. The summed E-state index contributed by atoms with van der Waals surface area (Å²) in [5.41, 5.74) is -1.61. The molecule has 14 heteroatoms. The van der Waals surface area contributed by atoms with E-state index in [9.17, 15) is 28.8 Å². The Balaban J connectivity index is 0. The highest BCUT2D eigenvalue weighted by Gasteiger charge is 2.28. The lowest BCUT2D eigenvalue weighted by Crippen LogP contribution is -2.29. The van der Waals surface area contributed by atoms with E-state index in [0.29, 0.717) is 19.3 Å². The van der Waals surface area contributed by atoms with Gasteiger partial charge in [-0.05, 0) is 40.5 Å². The van der Waals surface area contributed by atoms with Gasteiger partial charge in [-0.3, -0.25) is 19.2 Å². The van der Waals surface area contributed by atoms with Crippen LogP contribution in [0.2, 0.25) is 0 Å². The maximum atomic E-state index is 11.7. The SMILES string of the molecule is CCC(C)(C)C(=O)OCCOC(=O)OCC(C)(C)COC(C)=O.CCC(C)(C)C(=O)OCCOC(=O)OCCCOC(C)=O. The Hall–Kier alpha value is -3.58. The van der Waals surface area contributed by atoms with Crippen LogP contribution < -0.4 is 0 Å². The minimum absolute atomic E-state index is 0.00912. The molecule has 0 amide bonds. The monoisotopic (exact) mass is 636 g/mol. The molecule has 0 saturated heterocycles. The molecule has 14 nitrogen and oxygen atoms in total. The summed E-state index contributed by atoms with van der Waals surface area (Å²) in [6.07, 6.45) is 0.0210. The number of carbonyl (C=O) groups excluding carboxylic acids is 6. The summed E-state index contributed by atoms with van der Waals surface area (Å²) >= 11 is 0. The van der Waals surface area contributed by atoms with E-state index in [4.69, 9.17) is 33.2 Å². The van der Waals surface area contributed by atoms with Crippen molar-refractivity contribution in [2.75, 3.05) is 52.9 Å². The Bertz CT molecular complexity index is 907. The maximum absolute atomic E-state index is 11.7. The third-order valence-electron chi connectivity index (χ3n) is 6.01. The lowest BCUT2D eigenvalue weighted by atomic mass is 9.91. The van der Waals surface area contributed by atoms with Crippen molar-refractivity contribution in [2.45, 2.75) is 88.5 Å². The number of carbonyl (C=O) groups is 6. The number of ether oxygens (including phenoxy) is 8. The van der Waals surface area contributed by atoms with E-state index >= 15 is 0 Å². The van der Waals surface area contributed by atoms with Gasteiger partial charge in [0.25, 0.3) is 0 Å². The molecule has 0 aromatic carbocycles. The molecule has 44 heavy (non-hydrogen) atoms. The summed E-state index contributed by atoms with van der Waals surface area (Å²) in [5, 5.41) is 0. The standard InChI is InChI=1S/C16H28O7.C14H24O7/c1-7-16(5,6)13(18)20-8-9-21-14(19)23-11-15(3,4)10-22-12(2)17;1-5-14(3,4)12(16)19-9-10-21-13(17)20-8-6-7-18-11(2)15/h7-11H2,1-6H3;5-10H2,1-4H3. The predicted octanol–water partition coefficient (Wildman–Crippen LogP) is 4.78. The molecule has 0 spiro atoms. The molecule has 256 valence electrons. The van der Waals surface area contributed by atoms with E-state index in [1.165, 1.54) is 13.8 Å². The zero-order valence-electron chi connectivity index (χ0n) is 28.0. The highest BCUT2D eigenvalue weighted by Crippen LogP contribution is 2.22. The van der Waals surface area contributed by atoms with E-state index in [2.05, 4.69) is 4.74 Å². The molecule has 0 aliphatic heterocycles. The van der Waals surface area contributed by atoms with E-state index in [-0.39, 0.29) is 70.8 Å². The fourth-order valence-electron chi connectivity index (χ4n) is 2.30. The quantitative estimate of drug-likeness (QED) is 0.114. The Morgan fingerprint density at radius 3 is 1.20 bits per heavy atom. The number of rotatable bonds is 18. The summed E-state index contributed by atoms with van der Waals surface area (Å²) in [5.74, 6) is -1.44. The van der Waals surface area contributed by atoms with Crippen molar-refractivity contribution in [2.24, 2.45) is 16.2 Å². The van der Waals surface area contributed by atoms with Crippen molar-refractivity contribution in [3.8, 4) is 0 Å². The molecule has 0 aliphatic rings. The van der Waals surface area contributed by atoms with Gasteiger partial charge in [0.05, 0.1) is 30.7 Å². The van der Waals surface area contributed by atoms with E-state index in [0.717, 1.165) is 0 Å². The van der Waals surface area contributed by atoms with Crippen LogP contribution in [-0.4, -0.2) is 89.0 Å². The van der Waals surface area contributed by atoms with Gasteiger partial charge in [-0.25, -0.2) is 9.59 Å². The van der Waals surface area contributed by atoms with Crippen LogP contribution in [0.15, 0.2) is 0 Å². The molecule has 0 aromatic rings. The van der Waals surface area contributed by atoms with Crippen LogP contribution in [0.4, 0.5) is 9.59 Å². The van der Waals surface area contributed by atoms with Gasteiger partial charge in [0.1, 0.15) is 33.0 Å². The van der Waals surface area contributed by atoms with E-state index in [1.807, 2.05) is 13.8 Å². The van der Waals surface area contributed by atoms with Crippen LogP contribution in [0.3, 0.4) is 0 Å². The Labute approximate surface area is 260 Å². The summed E-state index contributed by atoms with van der Waals surface area (Å²) in [6, 6.07) is 0. The van der Waals surface area contributed by atoms with Crippen molar-refractivity contribution in [1.82, 2.24) is 0 Å². The fraction of sp³-hybridized carbons (Fsp3) is 0.800. The van der Waals surface area contributed by atoms with Gasteiger partial charge in [-0.2, -0.15) is 0 Å². The van der Waals surface area contributed by atoms with Crippen molar-refractivity contribution >= 4 is 36.2 Å². The third kappa shape index (κ3) is 22.9. The second-order valence-corrected chi connectivity index (χ2v) is 11.7. The zero-order chi connectivity index (χ0) is 34.4. The summed E-state index contributed by atoms with van der Waals surface area (Å²) in [4.78, 5) is 67.1. The normalized spacial score (nSPS) is 11.1. The van der Waals surface area contributed by atoms with Crippen LogP contribution in [0.5, 0.6) is 0 Å². The number of hydrogen-bond acceptors (Lipinski definition) is 14. The van der Waals surface area contributed by atoms with Gasteiger partial charge in [-0.1, -0.05) is 27.7 Å². The van der Waals surface area contributed by atoms with E-state index < -0.39 is 34.5 Å². The van der Waals surface area contributed by atoms with Crippen LogP contribution in [-0.2, 0) is 57.1 Å². The Kier molecular flexibility index (Phi) is 21.3. The Morgan fingerprint density at radius 2 is 0.795 bits per heavy atom. The van der Waals surface area contributed by atoms with Crippen LogP contribution in [0.1, 0.15) is 88.5 Å². The second-order valence-electron chi connectivity index (χ2n) is 11.7. The first-order valence-corrected chi connectivity index (χ1v) is 14.5. The predicted molar refractivity (Wildman–Crippen MR) is 156 cm³/mol. The average Bonchev–Trinajstić information content (AvgIpc) is 2.95. The molecule has 0 atom stereocenters. The topological polar surface area (TPSA) is 176 Å². The third-order valence-corrected chi connectivity index (χ3v) is 6.01. The minimum Gasteiger partial charge on any atom is -0.466 e. The van der Waals surface area contributed by atoms with Crippen LogP contribution in [0, 0.1) is 16.2 Å². The summed E-state index contributed by atoms with van der Waals surface area (Å²) < 4.78 is 38.8. The Morgan fingerprint density at radius 1 is 0.455 bits per heavy atom. The molecule has 0 fully saturated rings. The molecular weight excluding hydrogens is 584 g/mol. The molecule has 0 unspecified atom stereocenters. The molecule has 0 aliphatic carbocycles. The molecule has 0 heterocycles. The molecule has 0 saturated carbocycles. The average molecular weight is 637 g/mol. The fourth-order valence-corrected chi connectivity index (χ4v) is 2.30. The van der Waals surface area contributed by atoms with Gasteiger partial charge in [-0.15, -0.1) is 0 Å². The molecule has 0 N–H and O–H groups in total. The van der Waals surface area contributed by atoms with Gasteiger partial charge in [0, 0.05) is 25.7 Å². The largest absolute Gasteiger partial charge is 0.508 e. The molecule has 0 aromatic heterocycles. The van der Waals surface area contributed by atoms with Crippen LogP contribution >= 0.6 is 0 Å². The second kappa shape index (κ2) is 22.0. The van der Waals surface area contributed by atoms with Crippen molar-refractivity contribution in [1.29, 1.82) is 0 Å². The highest BCUT2D eigenvalue weighted by atomic mass is 16.7. The van der Waals surface area contributed by atoms with Crippen molar-refractivity contribution in [3.05, 3.63) is 0 Å². The lowest BCUT2D eigenvalue weighted by Gasteiger charge is -2.23. The number of esters is 4. The summed E-state index contributed by atoms with van der Waals surface area (Å²) in [7, 11) is 0. The number of hydrogen-bond donors (Lipinski definition) is 0. The van der Waals surface area contributed by atoms with Crippen molar-refractivity contribution < 1.29 is 66.7 Å². The lowest BCUT2D eigenvalue weighted by molar-refractivity contribution is -0.156. The summed E-state index contributed by atoms with van der Waals surface area (Å²) in [6.45, 7) is 17.4. The first kappa shape index (κ1) is 42.6. The minimum atomic E-state index is -0.855. The van der Waals surface area contributed by atoms with E-state index in [1.54, 1.807) is 41.5 Å². The van der Waals surface area contributed by atoms with Crippen molar-refractivity contribution in [3.63, 3.8) is 0 Å². The molecule has 0 bridgehead atoms. The van der Waals surface area contributed by atoms with Gasteiger partial charge >= 0.3 is 36.2 Å².